The molecule has 0 aromatic carbocycles. The molecule has 15 heavy (non-hydrogen) atoms. The summed E-state index contributed by atoms with van der Waals surface area (Å²) in [5, 5.41) is 0. The summed E-state index contributed by atoms with van der Waals surface area (Å²) in [7, 11) is 0. The number of aldehydes is 1. The molecule has 1 rings (SSSR count). The fraction of sp³-hybridized carbons (Fsp3) is 0.929. The van der Waals surface area contributed by atoms with Crippen LogP contribution in [0.1, 0.15) is 66.2 Å². The van der Waals surface area contributed by atoms with Crippen molar-refractivity contribution < 1.29 is 4.79 Å². The first kappa shape index (κ1) is 12.7. The zero-order valence-electron chi connectivity index (χ0n) is 10.8. The minimum Gasteiger partial charge on any atom is -0.303 e. The van der Waals surface area contributed by atoms with E-state index >= 15 is 0 Å². The molecule has 0 aromatic heterocycles. The molecule has 0 spiro atoms. The largest absolute Gasteiger partial charge is 0.303 e. The molecule has 0 bridgehead atoms. The van der Waals surface area contributed by atoms with Crippen molar-refractivity contribution in [2.45, 2.75) is 66.2 Å². The summed E-state index contributed by atoms with van der Waals surface area (Å²) in [5.41, 5.74) is 0.848. The van der Waals surface area contributed by atoms with Gasteiger partial charge in [0.1, 0.15) is 6.29 Å². The van der Waals surface area contributed by atoms with Gasteiger partial charge in [0.2, 0.25) is 0 Å². The fourth-order valence-electron chi connectivity index (χ4n) is 2.91. The maximum atomic E-state index is 10.5. The van der Waals surface area contributed by atoms with Crippen LogP contribution < -0.4 is 0 Å². The average Bonchev–Trinajstić information content (AvgIpc) is 2.97. The summed E-state index contributed by atoms with van der Waals surface area (Å²) >= 11 is 0. The summed E-state index contributed by atoms with van der Waals surface area (Å²) < 4.78 is 0. The molecule has 1 saturated carbocycles. The van der Waals surface area contributed by atoms with Gasteiger partial charge >= 0.3 is 0 Å². The van der Waals surface area contributed by atoms with Gasteiger partial charge in [0.25, 0.3) is 0 Å². The lowest BCUT2D eigenvalue weighted by atomic mass is 9.68. The van der Waals surface area contributed by atoms with E-state index in [9.17, 15) is 4.79 Å². The van der Waals surface area contributed by atoms with E-state index in [0.717, 1.165) is 25.0 Å². The molecular formula is C14H26O. The molecule has 1 fully saturated rings. The van der Waals surface area contributed by atoms with Crippen LogP contribution in [0.4, 0.5) is 0 Å². The van der Waals surface area contributed by atoms with Crippen LogP contribution in [0, 0.1) is 16.7 Å². The van der Waals surface area contributed by atoms with Gasteiger partial charge in [-0.2, -0.15) is 0 Å². The van der Waals surface area contributed by atoms with Gasteiger partial charge in [-0.15, -0.1) is 0 Å². The molecule has 0 amide bonds. The van der Waals surface area contributed by atoms with E-state index in [4.69, 9.17) is 0 Å². The second-order valence-corrected chi connectivity index (χ2v) is 6.31. The molecule has 1 atom stereocenters. The Morgan fingerprint density at radius 3 is 2.27 bits per heavy atom. The van der Waals surface area contributed by atoms with Crippen molar-refractivity contribution in [3.63, 3.8) is 0 Å². The van der Waals surface area contributed by atoms with Crippen LogP contribution in [0.3, 0.4) is 0 Å². The monoisotopic (exact) mass is 210 g/mol. The highest BCUT2D eigenvalue weighted by Gasteiger charge is 2.41. The molecular weight excluding hydrogens is 184 g/mol. The third-order valence-electron chi connectivity index (χ3n) is 4.28. The van der Waals surface area contributed by atoms with Crippen molar-refractivity contribution in [3.05, 3.63) is 0 Å². The summed E-state index contributed by atoms with van der Waals surface area (Å²) in [6.07, 6.45) is 8.15. The molecule has 0 saturated heterocycles. The molecule has 0 aromatic rings. The van der Waals surface area contributed by atoms with Crippen LogP contribution in [0.15, 0.2) is 0 Å². The first-order chi connectivity index (χ1) is 6.93. The normalized spacial score (nSPS) is 21.1. The van der Waals surface area contributed by atoms with Crippen LogP contribution in [0.2, 0.25) is 0 Å². The van der Waals surface area contributed by atoms with Crippen LogP contribution in [0.25, 0.3) is 0 Å². The van der Waals surface area contributed by atoms with Crippen LogP contribution >= 0.6 is 0 Å². The number of carbonyl (C=O) groups is 1. The predicted molar refractivity (Wildman–Crippen MR) is 64.8 cm³/mol. The molecule has 0 N–H and O–H groups in total. The van der Waals surface area contributed by atoms with Crippen LogP contribution in [-0.2, 0) is 4.79 Å². The van der Waals surface area contributed by atoms with E-state index < -0.39 is 0 Å². The lowest BCUT2D eigenvalue weighted by Gasteiger charge is -2.37. The van der Waals surface area contributed by atoms with Crippen molar-refractivity contribution in [2.24, 2.45) is 16.7 Å². The lowest BCUT2D eigenvalue weighted by Crippen LogP contribution is -2.27. The first-order valence-corrected chi connectivity index (χ1v) is 6.37. The Morgan fingerprint density at radius 2 is 1.87 bits per heavy atom. The second kappa shape index (κ2) is 4.67. The van der Waals surface area contributed by atoms with E-state index in [-0.39, 0.29) is 0 Å². The minimum absolute atomic E-state index is 0.368. The molecule has 1 nitrogen and oxygen atoms in total. The lowest BCUT2D eigenvalue weighted by molar-refractivity contribution is -0.108. The Hall–Kier alpha value is -0.330. The van der Waals surface area contributed by atoms with Crippen LogP contribution in [-0.4, -0.2) is 6.29 Å². The first-order valence-electron chi connectivity index (χ1n) is 6.37. The summed E-state index contributed by atoms with van der Waals surface area (Å²) in [6.45, 7) is 9.41. The van der Waals surface area contributed by atoms with Gasteiger partial charge in [0, 0.05) is 6.42 Å². The van der Waals surface area contributed by atoms with Gasteiger partial charge in [0.15, 0.2) is 0 Å². The molecule has 1 aliphatic rings. The highest BCUT2D eigenvalue weighted by atomic mass is 16.1. The Morgan fingerprint density at radius 1 is 1.27 bits per heavy atom. The zero-order valence-corrected chi connectivity index (χ0v) is 10.8. The smallest absolute Gasteiger partial charge is 0.120 e. The van der Waals surface area contributed by atoms with Crippen molar-refractivity contribution in [1.29, 1.82) is 0 Å². The number of rotatable bonds is 7. The van der Waals surface area contributed by atoms with Gasteiger partial charge in [-0.1, -0.05) is 34.1 Å². The van der Waals surface area contributed by atoms with Crippen molar-refractivity contribution >= 4 is 6.29 Å². The van der Waals surface area contributed by atoms with E-state index in [2.05, 4.69) is 27.7 Å². The fourth-order valence-corrected chi connectivity index (χ4v) is 2.91. The molecule has 0 radical (unpaired) electrons. The predicted octanol–water partition coefficient (Wildman–Crippen LogP) is 4.21. The van der Waals surface area contributed by atoms with E-state index in [1.807, 2.05) is 0 Å². The van der Waals surface area contributed by atoms with E-state index in [1.165, 1.54) is 25.7 Å². The van der Waals surface area contributed by atoms with Crippen molar-refractivity contribution in [2.75, 3.05) is 0 Å². The standard InChI is InChI=1S/C14H26O/c1-5-14(4,9-6-10-15)11-13(2,3)12-7-8-12/h10,12H,5-9,11H2,1-4H3/t14-/m1/s1. The Labute approximate surface area is 94.6 Å². The Kier molecular flexibility index (Phi) is 3.97. The second-order valence-electron chi connectivity index (χ2n) is 6.31. The maximum Gasteiger partial charge on any atom is 0.120 e. The average molecular weight is 210 g/mol. The maximum absolute atomic E-state index is 10.5. The number of hydrogen-bond donors (Lipinski definition) is 0. The molecule has 1 aliphatic carbocycles. The van der Waals surface area contributed by atoms with E-state index in [0.29, 0.717) is 10.8 Å². The topological polar surface area (TPSA) is 17.1 Å². The van der Waals surface area contributed by atoms with Gasteiger partial charge in [0.05, 0.1) is 0 Å². The molecule has 0 aliphatic heterocycles. The number of carbonyl (C=O) groups excluding carboxylic acids is 1. The number of hydrogen-bond acceptors (Lipinski definition) is 1. The van der Waals surface area contributed by atoms with Crippen LogP contribution in [0.5, 0.6) is 0 Å². The Bertz CT molecular complexity index is 215. The van der Waals surface area contributed by atoms with Gasteiger partial charge in [-0.05, 0) is 42.4 Å². The molecule has 0 heterocycles. The summed E-state index contributed by atoms with van der Waals surface area (Å²) in [5.74, 6) is 0.944. The quantitative estimate of drug-likeness (QED) is 0.575. The van der Waals surface area contributed by atoms with Crippen molar-refractivity contribution in [1.82, 2.24) is 0 Å². The molecule has 88 valence electrons. The molecule has 0 unspecified atom stereocenters. The van der Waals surface area contributed by atoms with E-state index in [1.54, 1.807) is 0 Å². The third-order valence-corrected chi connectivity index (χ3v) is 4.28. The summed E-state index contributed by atoms with van der Waals surface area (Å²) in [6, 6.07) is 0. The van der Waals surface area contributed by atoms with Gasteiger partial charge in [-0.25, -0.2) is 0 Å². The minimum atomic E-state index is 0.368. The SMILES string of the molecule is CC[C@](C)(CCC=O)CC(C)(C)C1CC1. The zero-order chi connectivity index (χ0) is 11.5. The van der Waals surface area contributed by atoms with Crippen molar-refractivity contribution in [3.8, 4) is 0 Å². The van der Waals surface area contributed by atoms with Gasteiger partial charge in [-0.3, -0.25) is 0 Å². The highest BCUT2D eigenvalue weighted by molar-refractivity contribution is 5.49. The summed E-state index contributed by atoms with van der Waals surface area (Å²) in [4.78, 5) is 10.5. The van der Waals surface area contributed by atoms with Gasteiger partial charge < -0.3 is 4.79 Å². The highest BCUT2D eigenvalue weighted by Crippen LogP contribution is 2.52. The molecule has 1 heteroatoms. The Balaban J connectivity index is 2.53. The third kappa shape index (κ3) is 3.62.